The zero-order valence-electron chi connectivity index (χ0n) is 14.8. The molecule has 24 heavy (non-hydrogen) atoms. The van der Waals surface area contributed by atoms with Crippen LogP contribution in [-0.2, 0) is 10.0 Å². The Labute approximate surface area is 146 Å². The van der Waals surface area contributed by atoms with Gasteiger partial charge in [-0.25, -0.2) is 8.42 Å². The van der Waals surface area contributed by atoms with E-state index in [0.29, 0.717) is 23.3 Å². The largest absolute Gasteiger partial charge is 0.243 e. The van der Waals surface area contributed by atoms with E-state index in [9.17, 15) is 8.42 Å². The van der Waals surface area contributed by atoms with Crippen molar-refractivity contribution in [2.24, 2.45) is 11.8 Å². The number of hydrogen-bond acceptors (Lipinski definition) is 2. The molecule has 0 bridgehead atoms. The van der Waals surface area contributed by atoms with Crippen LogP contribution in [-0.4, -0.2) is 25.3 Å². The molecule has 4 heteroatoms. The van der Waals surface area contributed by atoms with Crippen LogP contribution in [0.25, 0.3) is 0 Å². The van der Waals surface area contributed by atoms with E-state index < -0.39 is 10.0 Å². The minimum Gasteiger partial charge on any atom is -0.207 e. The molecule has 0 aromatic heterocycles. The maximum atomic E-state index is 13.3. The van der Waals surface area contributed by atoms with Gasteiger partial charge in [-0.2, -0.15) is 4.31 Å². The molecule has 0 amide bonds. The van der Waals surface area contributed by atoms with Crippen molar-refractivity contribution in [2.45, 2.75) is 63.3 Å². The molecule has 1 heterocycles. The van der Waals surface area contributed by atoms with Crippen molar-refractivity contribution in [3.63, 3.8) is 0 Å². The molecule has 2 atom stereocenters. The van der Waals surface area contributed by atoms with Crippen molar-refractivity contribution in [3.8, 4) is 0 Å². The fourth-order valence-corrected chi connectivity index (χ4v) is 6.20. The third-order valence-corrected chi connectivity index (χ3v) is 7.57. The zero-order valence-corrected chi connectivity index (χ0v) is 15.6. The monoisotopic (exact) mass is 347 g/mol. The predicted molar refractivity (Wildman–Crippen MR) is 98.4 cm³/mol. The number of sulfonamides is 1. The normalized spacial score (nSPS) is 27.1. The molecule has 1 aromatic rings. The van der Waals surface area contributed by atoms with E-state index in [1.165, 1.54) is 32.1 Å². The summed E-state index contributed by atoms with van der Waals surface area (Å²) in [6.07, 6.45) is 11.4. The molecule has 2 aliphatic rings. The van der Waals surface area contributed by atoms with Gasteiger partial charge in [0, 0.05) is 12.6 Å². The molecule has 0 spiro atoms. The molecule has 3 nitrogen and oxygen atoms in total. The Bertz CT molecular complexity index is 672. The summed E-state index contributed by atoms with van der Waals surface area (Å²) in [5.74, 6) is 0.862. The lowest BCUT2D eigenvalue weighted by Crippen LogP contribution is -2.43. The zero-order chi connectivity index (χ0) is 17.2. The van der Waals surface area contributed by atoms with Crippen molar-refractivity contribution < 1.29 is 8.42 Å². The van der Waals surface area contributed by atoms with E-state index in [1.807, 2.05) is 30.3 Å². The first-order chi connectivity index (χ1) is 11.5. The van der Waals surface area contributed by atoms with E-state index >= 15 is 0 Å². The molecule has 1 saturated carbocycles. The maximum Gasteiger partial charge on any atom is 0.243 e. The lowest BCUT2D eigenvalue weighted by atomic mass is 9.79. The van der Waals surface area contributed by atoms with E-state index in [1.54, 1.807) is 12.1 Å². The third-order valence-electron chi connectivity index (χ3n) is 5.65. The number of allylic oxidation sites excluding steroid dienone is 1. The second kappa shape index (κ2) is 7.40. The summed E-state index contributed by atoms with van der Waals surface area (Å²) in [5.41, 5.74) is 1.09. The van der Waals surface area contributed by atoms with Crippen LogP contribution in [0.2, 0.25) is 0 Å². The number of rotatable bonds is 4. The van der Waals surface area contributed by atoms with Crippen LogP contribution in [0.5, 0.6) is 0 Å². The van der Waals surface area contributed by atoms with Crippen molar-refractivity contribution in [3.05, 3.63) is 42.0 Å². The van der Waals surface area contributed by atoms with Crippen LogP contribution in [0.4, 0.5) is 0 Å². The fourth-order valence-electron chi connectivity index (χ4n) is 4.45. The Hall–Kier alpha value is -1.13. The standard InChI is InChI=1S/C20H29NO2S/c1-3-7-17-14-15-21(20(17)18-8-5-4-6-9-18)24(22,23)19-12-10-16(2)11-13-19/h3,7,10-13,17-18,20H,4-6,8-9,14-15H2,1-2H3/b7-3+/t17-,20-/m1/s1. The highest BCUT2D eigenvalue weighted by Crippen LogP contribution is 2.40. The SMILES string of the molecule is C/C=C/[C@@H]1CCN(S(=O)(=O)c2ccc(C)cc2)[C@H]1C1CCCCC1. The van der Waals surface area contributed by atoms with Crippen molar-refractivity contribution in [1.82, 2.24) is 4.31 Å². The minimum atomic E-state index is -3.41. The molecule has 0 N–H and O–H groups in total. The van der Waals surface area contributed by atoms with Gasteiger partial charge in [0.1, 0.15) is 0 Å². The second-order valence-electron chi connectivity index (χ2n) is 7.30. The number of aryl methyl sites for hydroxylation is 1. The van der Waals surface area contributed by atoms with Gasteiger partial charge < -0.3 is 0 Å². The van der Waals surface area contributed by atoms with E-state index in [4.69, 9.17) is 0 Å². The highest BCUT2D eigenvalue weighted by molar-refractivity contribution is 7.89. The average molecular weight is 348 g/mol. The van der Waals surface area contributed by atoms with Crippen molar-refractivity contribution in [2.75, 3.05) is 6.54 Å². The fraction of sp³-hybridized carbons (Fsp3) is 0.600. The second-order valence-corrected chi connectivity index (χ2v) is 9.19. The molecule has 0 radical (unpaired) electrons. The van der Waals surface area contributed by atoms with E-state index in [2.05, 4.69) is 12.2 Å². The number of nitrogens with zero attached hydrogens (tertiary/aromatic N) is 1. The Morgan fingerprint density at radius 3 is 2.33 bits per heavy atom. The summed E-state index contributed by atoms with van der Waals surface area (Å²) in [6, 6.07) is 7.43. The molecule has 1 saturated heterocycles. The van der Waals surface area contributed by atoms with Gasteiger partial charge in [0.2, 0.25) is 10.0 Å². The van der Waals surface area contributed by atoms with Crippen LogP contribution >= 0.6 is 0 Å². The van der Waals surface area contributed by atoms with Gasteiger partial charge in [0.05, 0.1) is 4.90 Å². The molecule has 2 fully saturated rings. The predicted octanol–water partition coefficient (Wildman–Crippen LogP) is 4.53. The van der Waals surface area contributed by atoms with Gasteiger partial charge in [-0.05, 0) is 57.1 Å². The Balaban J connectivity index is 1.93. The Kier molecular flexibility index (Phi) is 5.46. The molecule has 1 aliphatic carbocycles. The summed E-state index contributed by atoms with van der Waals surface area (Å²) < 4.78 is 28.3. The van der Waals surface area contributed by atoms with Crippen LogP contribution in [0.3, 0.4) is 0 Å². The smallest absolute Gasteiger partial charge is 0.207 e. The molecule has 1 aliphatic heterocycles. The van der Waals surface area contributed by atoms with Crippen molar-refractivity contribution >= 4 is 10.0 Å². The summed E-state index contributed by atoms with van der Waals surface area (Å²) in [7, 11) is -3.41. The number of hydrogen-bond donors (Lipinski definition) is 0. The molecule has 3 rings (SSSR count). The summed E-state index contributed by atoms with van der Waals surface area (Å²) >= 11 is 0. The van der Waals surface area contributed by atoms with E-state index in [-0.39, 0.29) is 6.04 Å². The summed E-state index contributed by atoms with van der Waals surface area (Å²) in [6.45, 7) is 4.67. The van der Waals surface area contributed by atoms with Gasteiger partial charge in [-0.1, -0.05) is 49.1 Å². The van der Waals surface area contributed by atoms with Crippen LogP contribution in [0, 0.1) is 18.8 Å². The average Bonchev–Trinajstić information content (AvgIpc) is 3.01. The Morgan fingerprint density at radius 1 is 1.04 bits per heavy atom. The molecular formula is C20H29NO2S. The topological polar surface area (TPSA) is 37.4 Å². The van der Waals surface area contributed by atoms with Gasteiger partial charge in [-0.3, -0.25) is 0 Å². The maximum absolute atomic E-state index is 13.3. The van der Waals surface area contributed by atoms with Crippen LogP contribution in [0.15, 0.2) is 41.3 Å². The van der Waals surface area contributed by atoms with Crippen LogP contribution in [0.1, 0.15) is 51.0 Å². The first-order valence-corrected chi connectivity index (χ1v) is 10.7. The lowest BCUT2D eigenvalue weighted by molar-refractivity contribution is 0.206. The third kappa shape index (κ3) is 3.45. The molecule has 0 unspecified atom stereocenters. The van der Waals surface area contributed by atoms with Crippen LogP contribution < -0.4 is 0 Å². The van der Waals surface area contributed by atoms with Gasteiger partial charge in [-0.15, -0.1) is 0 Å². The first-order valence-electron chi connectivity index (χ1n) is 9.25. The van der Waals surface area contributed by atoms with Gasteiger partial charge in [0.25, 0.3) is 0 Å². The quantitative estimate of drug-likeness (QED) is 0.750. The van der Waals surface area contributed by atoms with Gasteiger partial charge in [0.15, 0.2) is 0 Å². The highest BCUT2D eigenvalue weighted by atomic mass is 32.2. The minimum absolute atomic E-state index is 0.132. The highest BCUT2D eigenvalue weighted by Gasteiger charge is 2.44. The van der Waals surface area contributed by atoms with E-state index in [0.717, 1.165) is 12.0 Å². The summed E-state index contributed by atoms with van der Waals surface area (Å²) in [5, 5.41) is 0. The number of benzene rings is 1. The summed E-state index contributed by atoms with van der Waals surface area (Å²) in [4.78, 5) is 0.440. The first kappa shape index (κ1) is 17.7. The van der Waals surface area contributed by atoms with Crippen molar-refractivity contribution in [1.29, 1.82) is 0 Å². The Morgan fingerprint density at radius 2 is 1.71 bits per heavy atom. The molecular weight excluding hydrogens is 318 g/mol. The molecule has 132 valence electrons. The lowest BCUT2D eigenvalue weighted by Gasteiger charge is -2.35. The molecule has 1 aromatic carbocycles. The van der Waals surface area contributed by atoms with Gasteiger partial charge >= 0.3 is 0 Å².